The van der Waals surface area contributed by atoms with Crippen molar-refractivity contribution in [2.75, 3.05) is 24.6 Å². The Bertz CT molecular complexity index is 980. The molecule has 0 aliphatic carbocycles. The maximum Gasteiger partial charge on any atom is 0.256 e. The lowest BCUT2D eigenvalue weighted by atomic mass is 10.2. The lowest BCUT2D eigenvalue weighted by Gasteiger charge is -2.23. The van der Waals surface area contributed by atoms with Crippen LogP contribution >= 0.6 is 0 Å². The molecule has 4 heterocycles. The summed E-state index contributed by atoms with van der Waals surface area (Å²) in [6.45, 7) is 2.95. The SMILES string of the molecule is C\C1=N/C=C(F)\C=C\C2CCCN2c2ccn3ncc(c3n2)C(=O)NCCO1. The molecule has 2 aliphatic heterocycles. The molecule has 1 unspecified atom stereocenters. The highest BCUT2D eigenvalue weighted by Crippen LogP contribution is 2.26. The highest BCUT2D eigenvalue weighted by Gasteiger charge is 2.25. The highest BCUT2D eigenvalue weighted by molar-refractivity contribution is 5.99. The molecule has 0 saturated carbocycles. The number of carbonyl (C=O) groups is 1. The number of anilines is 1. The predicted octanol–water partition coefficient (Wildman–Crippen LogP) is 2.24. The second kappa shape index (κ2) is 7.79. The van der Waals surface area contributed by atoms with E-state index in [0.717, 1.165) is 31.4 Å². The molecule has 9 heteroatoms. The molecule has 1 amide bonds. The number of nitrogens with zero attached hydrogens (tertiary/aromatic N) is 5. The quantitative estimate of drug-likeness (QED) is 0.753. The van der Waals surface area contributed by atoms with Gasteiger partial charge in [-0.05, 0) is 25.0 Å². The van der Waals surface area contributed by atoms with E-state index in [1.807, 2.05) is 12.1 Å². The minimum atomic E-state index is -0.450. The average molecular weight is 384 g/mol. The van der Waals surface area contributed by atoms with Gasteiger partial charge in [-0.2, -0.15) is 5.10 Å². The summed E-state index contributed by atoms with van der Waals surface area (Å²) in [6.07, 6.45) is 9.53. The summed E-state index contributed by atoms with van der Waals surface area (Å²) in [7, 11) is 0. The fourth-order valence-corrected chi connectivity index (χ4v) is 3.35. The summed E-state index contributed by atoms with van der Waals surface area (Å²) < 4.78 is 21.0. The van der Waals surface area contributed by atoms with E-state index in [2.05, 4.69) is 25.3 Å². The van der Waals surface area contributed by atoms with Crippen LogP contribution in [0, 0.1) is 0 Å². The molecular formula is C19H21FN6O2. The van der Waals surface area contributed by atoms with E-state index in [0.29, 0.717) is 17.1 Å². The number of carbonyl (C=O) groups excluding carboxylic acids is 1. The van der Waals surface area contributed by atoms with Crippen LogP contribution in [0.1, 0.15) is 30.1 Å². The van der Waals surface area contributed by atoms with Crippen LogP contribution in [0.25, 0.3) is 5.65 Å². The van der Waals surface area contributed by atoms with Gasteiger partial charge in [-0.1, -0.05) is 6.08 Å². The van der Waals surface area contributed by atoms with Crippen molar-refractivity contribution in [3.05, 3.63) is 48.2 Å². The third kappa shape index (κ3) is 3.73. The third-order valence-corrected chi connectivity index (χ3v) is 4.74. The number of aliphatic imine (C=N–C) groups is 1. The van der Waals surface area contributed by atoms with Gasteiger partial charge < -0.3 is 15.0 Å². The van der Waals surface area contributed by atoms with Crippen molar-refractivity contribution in [1.82, 2.24) is 19.9 Å². The molecule has 8 nitrogen and oxygen atoms in total. The Morgan fingerprint density at radius 3 is 3.18 bits per heavy atom. The number of ether oxygens (including phenoxy) is 1. The Labute approximate surface area is 161 Å². The van der Waals surface area contributed by atoms with Crippen molar-refractivity contribution in [2.45, 2.75) is 25.8 Å². The lowest BCUT2D eigenvalue weighted by molar-refractivity contribution is 0.0947. The van der Waals surface area contributed by atoms with Crippen molar-refractivity contribution in [1.29, 1.82) is 0 Å². The number of halogens is 1. The zero-order valence-corrected chi connectivity index (χ0v) is 15.5. The number of hydrogen-bond acceptors (Lipinski definition) is 6. The number of fused-ring (bicyclic) bond motifs is 3. The molecule has 1 N–H and O–H groups in total. The van der Waals surface area contributed by atoms with Crippen molar-refractivity contribution in [3.8, 4) is 0 Å². The van der Waals surface area contributed by atoms with Crippen LogP contribution in [-0.2, 0) is 4.74 Å². The molecule has 2 aromatic heterocycles. The monoisotopic (exact) mass is 384 g/mol. The van der Waals surface area contributed by atoms with Gasteiger partial charge >= 0.3 is 0 Å². The Kier molecular flexibility index (Phi) is 5.05. The summed E-state index contributed by atoms with van der Waals surface area (Å²) in [6, 6.07) is 1.88. The first kappa shape index (κ1) is 18.1. The Morgan fingerprint density at radius 1 is 1.39 bits per heavy atom. The van der Waals surface area contributed by atoms with E-state index >= 15 is 0 Å². The van der Waals surface area contributed by atoms with Crippen LogP contribution in [0.4, 0.5) is 10.2 Å². The summed E-state index contributed by atoms with van der Waals surface area (Å²) in [5.74, 6) is 0.339. The molecule has 28 heavy (non-hydrogen) atoms. The minimum Gasteiger partial charge on any atom is -0.479 e. The highest BCUT2D eigenvalue weighted by atomic mass is 19.1. The van der Waals surface area contributed by atoms with Gasteiger partial charge in [0.2, 0.25) is 0 Å². The normalized spacial score (nSPS) is 25.9. The zero-order chi connectivity index (χ0) is 19.5. The maximum atomic E-state index is 14.1. The third-order valence-electron chi connectivity index (χ3n) is 4.74. The Balaban J connectivity index is 1.73. The fourth-order valence-electron chi connectivity index (χ4n) is 3.35. The van der Waals surface area contributed by atoms with Crippen LogP contribution in [0.2, 0.25) is 0 Å². The molecule has 1 saturated heterocycles. The van der Waals surface area contributed by atoms with Gasteiger partial charge in [0, 0.05) is 25.7 Å². The summed E-state index contributed by atoms with van der Waals surface area (Å²) in [5.41, 5.74) is 0.884. The van der Waals surface area contributed by atoms with Crippen LogP contribution < -0.4 is 10.2 Å². The molecule has 146 valence electrons. The standard InChI is InChI=1S/C19H21FN6O2/c1-13-22-11-14(20)4-5-15-3-2-8-25(15)17-6-9-26-18(24-17)16(12-23-26)19(27)21-7-10-28-13/h4-6,9,11-12,15H,2-3,7-8,10H2,1H3,(H,21,27)/b5-4+,14-11+,22-13+. The molecule has 4 rings (SSSR count). The summed E-state index contributed by atoms with van der Waals surface area (Å²) in [5, 5.41) is 6.98. The molecule has 2 aliphatic rings. The van der Waals surface area contributed by atoms with Crippen molar-refractivity contribution < 1.29 is 13.9 Å². The van der Waals surface area contributed by atoms with Gasteiger partial charge in [-0.15, -0.1) is 0 Å². The van der Waals surface area contributed by atoms with Gasteiger partial charge in [-0.3, -0.25) is 4.79 Å². The number of hydrogen-bond donors (Lipinski definition) is 1. The fraction of sp³-hybridized carbons (Fsp3) is 0.368. The van der Waals surface area contributed by atoms with Crippen molar-refractivity contribution in [3.63, 3.8) is 0 Å². The van der Waals surface area contributed by atoms with E-state index in [-0.39, 0.29) is 25.1 Å². The zero-order valence-electron chi connectivity index (χ0n) is 15.5. The molecule has 0 aromatic carbocycles. The number of aromatic nitrogens is 3. The van der Waals surface area contributed by atoms with E-state index in [9.17, 15) is 9.18 Å². The second-order valence-corrected chi connectivity index (χ2v) is 6.64. The minimum absolute atomic E-state index is 0.0197. The largest absolute Gasteiger partial charge is 0.479 e. The first-order chi connectivity index (χ1) is 13.6. The first-order valence-corrected chi connectivity index (χ1v) is 9.22. The summed E-state index contributed by atoms with van der Waals surface area (Å²) in [4.78, 5) is 23.2. The molecule has 2 bridgehead atoms. The van der Waals surface area contributed by atoms with Gasteiger partial charge in [-0.25, -0.2) is 18.9 Å². The van der Waals surface area contributed by atoms with Crippen LogP contribution in [0.3, 0.4) is 0 Å². The Morgan fingerprint density at radius 2 is 2.29 bits per heavy atom. The molecule has 1 atom stereocenters. The summed E-state index contributed by atoms with van der Waals surface area (Å²) >= 11 is 0. The smallest absolute Gasteiger partial charge is 0.256 e. The predicted molar refractivity (Wildman–Crippen MR) is 103 cm³/mol. The van der Waals surface area contributed by atoms with Crippen LogP contribution in [0.5, 0.6) is 0 Å². The second-order valence-electron chi connectivity index (χ2n) is 6.64. The molecular weight excluding hydrogens is 363 g/mol. The molecule has 2 aromatic rings. The van der Waals surface area contributed by atoms with Gasteiger partial charge in [0.05, 0.1) is 18.9 Å². The molecule has 0 radical (unpaired) electrons. The van der Waals surface area contributed by atoms with Gasteiger partial charge in [0.25, 0.3) is 5.91 Å². The van der Waals surface area contributed by atoms with E-state index in [1.165, 1.54) is 12.3 Å². The average Bonchev–Trinajstić information content (AvgIpc) is 3.33. The van der Waals surface area contributed by atoms with Crippen molar-refractivity contribution >= 4 is 23.3 Å². The molecule has 1 fully saturated rings. The first-order valence-electron chi connectivity index (χ1n) is 9.22. The number of allylic oxidation sites excluding steroid dienone is 2. The lowest BCUT2D eigenvalue weighted by Crippen LogP contribution is -2.29. The van der Waals surface area contributed by atoms with Gasteiger partial charge in [0.15, 0.2) is 11.5 Å². The van der Waals surface area contributed by atoms with Crippen LogP contribution in [-0.4, -0.2) is 52.1 Å². The van der Waals surface area contributed by atoms with E-state index < -0.39 is 5.83 Å². The topological polar surface area (TPSA) is 84.1 Å². The number of nitrogens with one attached hydrogen (secondary N) is 1. The number of rotatable bonds is 0. The van der Waals surface area contributed by atoms with Crippen molar-refractivity contribution in [2.24, 2.45) is 4.99 Å². The van der Waals surface area contributed by atoms with Gasteiger partial charge in [0.1, 0.15) is 23.8 Å². The van der Waals surface area contributed by atoms with E-state index in [1.54, 1.807) is 17.6 Å². The van der Waals surface area contributed by atoms with E-state index in [4.69, 9.17) is 4.74 Å². The number of amides is 1. The Hall–Kier alpha value is -3.23. The maximum absolute atomic E-state index is 14.1. The molecule has 0 spiro atoms. The van der Waals surface area contributed by atoms with Crippen LogP contribution in [0.15, 0.2) is 47.6 Å².